The topological polar surface area (TPSA) is 118 Å². The Morgan fingerprint density at radius 2 is 1.25 bits per heavy atom. The van der Waals surface area contributed by atoms with Gasteiger partial charge in [-0.15, -0.1) is 0 Å². The molecule has 2 amide bonds. The van der Waals surface area contributed by atoms with Crippen molar-refractivity contribution in [1.82, 2.24) is 29.7 Å². The number of nitrogens with two attached hydrogens (primary N) is 1. The number of hydrogen-bond donors (Lipinski definition) is 1. The molecule has 0 spiro atoms. The van der Waals surface area contributed by atoms with Gasteiger partial charge >= 0.3 is 6.09 Å². The number of hydrogen-bond acceptors (Lipinski definition) is 8. The first-order valence-corrected chi connectivity index (χ1v) is 20.3. The lowest BCUT2D eigenvalue weighted by molar-refractivity contribution is -0.149. The Labute approximate surface area is 328 Å². The summed E-state index contributed by atoms with van der Waals surface area (Å²) in [6, 6.07) is 10.3. The molecule has 0 aromatic carbocycles. The van der Waals surface area contributed by atoms with Gasteiger partial charge in [-0.2, -0.15) is 0 Å². The van der Waals surface area contributed by atoms with Crippen molar-refractivity contribution in [2.75, 3.05) is 45.0 Å². The van der Waals surface area contributed by atoms with Gasteiger partial charge in [-0.25, -0.2) is 22.9 Å². The Bertz CT molecular complexity index is 1820. The number of alkyl halides is 1. The molecule has 13 heteroatoms. The van der Waals surface area contributed by atoms with Crippen LogP contribution in [0.2, 0.25) is 0 Å². The summed E-state index contributed by atoms with van der Waals surface area (Å²) in [6.07, 6.45) is 12.4. The van der Waals surface area contributed by atoms with Gasteiger partial charge in [-0.3, -0.25) is 19.7 Å². The van der Waals surface area contributed by atoms with Gasteiger partial charge < -0.3 is 20.3 Å². The van der Waals surface area contributed by atoms with Crippen LogP contribution in [0.5, 0.6) is 0 Å². The fourth-order valence-corrected chi connectivity index (χ4v) is 9.35. The number of likely N-dealkylation sites (tertiary alicyclic amines) is 3. The van der Waals surface area contributed by atoms with Gasteiger partial charge in [0.15, 0.2) is 5.67 Å². The van der Waals surface area contributed by atoms with Crippen LogP contribution in [0.3, 0.4) is 0 Å². The Morgan fingerprint density at radius 3 is 1.68 bits per heavy atom. The third-order valence-electron chi connectivity index (χ3n) is 12.8. The number of amides is 2. The van der Waals surface area contributed by atoms with Crippen molar-refractivity contribution in [3.63, 3.8) is 0 Å². The maximum absolute atomic E-state index is 15.7. The van der Waals surface area contributed by atoms with E-state index in [2.05, 4.69) is 19.9 Å². The predicted molar refractivity (Wildman–Crippen MR) is 207 cm³/mol. The molecule has 0 atom stereocenters. The van der Waals surface area contributed by atoms with E-state index in [4.69, 9.17) is 10.5 Å². The quantitative estimate of drug-likeness (QED) is 0.265. The molecule has 10 nitrogen and oxygen atoms in total. The number of nitrogen functional groups attached to an aromatic ring is 1. The van der Waals surface area contributed by atoms with Crippen molar-refractivity contribution in [3.05, 3.63) is 83.6 Å². The van der Waals surface area contributed by atoms with Gasteiger partial charge in [0.05, 0.1) is 12.4 Å². The standard InChI is InChI=1S/C25H31F2N5O.C18H25FN2O2/c26-20-1-2-21(30-16-20)24(6-7-24)19-4-11-32(12-5-19)23(33)25(27)8-13-31(14-9-25)17-18-3-10-29-22(28)15-18;1-17(2,3)23-16(22)21-10-6-13(7-11-21)18(8-9-18)15-5-4-14(19)12-20-15/h1-3,10,15-16,19H,4-9,11-14,17H2,(H2,28,29);4-5,12-13H,6-11H2,1-3H3. The highest BCUT2D eigenvalue weighted by Gasteiger charge is 2.54. The highest BCUT2D eigenvalue weighted by atomic mass is 19.1. The summed E-state index contributed by atoms with van der Waals surface area (Å²) < 4.78 is 47.5. The molecule has 6 heterocycles. The molecule has 2 aliphatic carbocycles. The summed E-state index contributed by atoms with van der Waals surface area (Å²) in [5.74, 6) is 0.442. The van der Waals surface area contributed by atoms with Gasteiger partial charge in [0.2, 0.25) is 0 Å². The number of carbonyl (C=O) groups excluding carboxylic acids is 2. The number of anilines is 1. The number of rotatable bonds is 7. The fraction of sp³-hybridized carbons (Fsp3) is 0.605. The number of piperidine rings is 3. The van der Waals surface area contributed by atoms with E-state index in [1.807, 2.05) is 39.0 Å². The van der Waals surface area contributed by atoms with Crippen molar-refractivity contribution in [1.29, 1.82) is 0 Å². The lowest BCUT2D eigenvalue weighted by atomic mass is 9.78. The number of pyridine rings is 3. The van der Waals surface area contributed by atoms with E-state index >= 15 is 4.39 Å². The monoisotopic (exact) mass is 775 g/mol. The highest BCUT2D eigenvalue weighted by Crippen LogP contribution is 2.57. The molecular weight excluding hydrogens is 720 g/mol. The molecule has 5 aliphatic rings. The van der Waals surface area contributed by atoms with Gasteiger partial charge in [-0.05, 0) is 126 Å². The maximum atomic E-state index is 15.7. The number of halogens is 3. The van der Waals surface area contributed by atoms with Gasteiger partial charge in [-0.1, -0.05) is 0 Å². The van der Waals surface area contributed by atoms with E-state index in [1.54, 1.807) is 22.1 Å². The number of ether oxygens (including phenoxy) is 1. The zero-order valence-electron chi connectivity index (χ0n) is 33.0. The van der Waals surface area contributed by atoms with E-state index in [9.17, 15) is 18.4 Å². The normalized spacial score (nSPS) is 22.1. The lowest BCUT2D eigenvalue weighted by Gasteiger charge is -2.41. The maximum Gasteiger partial charge on any atom is 0.410 e. The van der Waals surface area contributed by atoms with Gasteiger partial charge in [0.1, 0.15) is 23.1 Å². The molecule has 3 aromatic heterocycles. The molecule has 0 radical (unpaired) electrons. The van der Waals surface area contributed by atoms with Crippen LogP contribution in [0, 0.1) is 23.5 Å². The van der Waals surface area contributed by atoms with Gasteiger partial charge in [0, 0.05) is 87.1 Å². The molecule has 2 N–H and O–H groups in total. The summed E-state index contributed by atoms with van der Waals surface area (Å²) in [6.45, 7) is 10.0. The minimum Gasteiger partial charge on any atom is -0.444 e. The van der Waals surface area contributed by atoms with E-state index in [-0.39, 0.29) is 47.3 Å². The Morgan fingerprint density at radius 1 is 0.750 bits per heavy atom. The number of carbonyl (C=O) groups is 2. The van der Waals surface area contributed by atoms with E-state index < -0.39 is 11.3 Å². The summed E-state index contributed by atoms with van der Waals surface area (Å²) in [4.78, 5) is 43.6. The second-order valence-electron chi connectivity index (χ2n) is 17.7. The minimum atomic E-state index is -1.78. The molecule has 3 aromatic rings. The summed E-state index contributed by atoms with van der Waals surface area (Å²) in [5.41, 5.74) is 6.65. The van der Waals surface area contributed by atoms with Crippen LogP contribution in [0.1, 0.15) is 102 Å². The first-order valence-electron chi connectivity index (χ1n) is 20.3. The summed E-state index contributed by atoms with van der Waals surface area (Å²) in [7, 11) is 0. The zero-order chi connectivity index (χ0) is 39.7. The van der Waals surface area contributed by atoms with E-state index in [0.29, 0.717) is 50.4 Å². The van der Waals surface area contributed by atoms with Crippen LogP contribution in [-0.4, -0.2) is 92.2 Å². The first-order chi connectivity index (χ1) is 26.7. The lowest BCUT2D eigenvalue weighted by Crippen LogP contribution is -2.54. The number of aromatic nitrogens is 3. The second-order valence-corrected chi connectivity index (χ2v) is 17.7. The molecule has 56 heavy (non-hydrogen) atoms. The zero-order valence-corrected chi connectivity index (χ0v) is 33.0. The number of nitrogens with zero attached hydrogens (tertiary/aromatic N) is 6. The smallest absolute Gasteiger partial charge is 0.410 e. The molecule has 0 unspecified atom stereocenters. The van der Waals surface area contributed by atoms with Crippen molar-refractivity contribution in [2.45, 2.75) is 114 Å². The molecule has 5 fully saturated rings. The third kappa shape index (κ3) is 8.98. The van der Waals surface area contributed by atoms with Crippen LogP contribution < -0.4 is 5.73 Å². The van der Waals surface area contributed by atoms with Gasteiger partial charge in [0.25, 0.3) is 5.91 Å². The van der Waals surface area contributed by atoms with Crippen molar-refractivity contribution in [2.24, 2.45) is 11.8 Å². The molecule has 3 saturated heterocycles. The Kier molecular flexibility index (Phi) is 11.4. The SMILES string of the molecule is CC(C)(C)OC(=O)N1CCC(C2(c3ccc(F)cn3)CC2)CC1.Nc1cc(CN2CCC(F)(C(=O)N3CCC(C4(c5ccc(F)cn5)CC4)CC3)CC2)ccn1. The molecule has 0 bridgehead atoms. The van der Waals surface area contributed by atoms with Crippen molar-refractivity contribution in [3.8, 4) is 0 Å². The molecule has 2 saturated carbocycles. The largest absolute Gasteiger partial charge is 0.444 e. The molecular formula is C43H56F3N7O3. The minimum absolute atomic E-state index is 0.0118. The van der Waals surface area contributed by atoms with Crippen molar-refractivity contribution >= 4 is 17.8 Å². The van der Waals surface area contributed by atoms with Crippen LogP contribution >= 0.6 is 0 Å². The molecule has 302 valence electrons. The second kappa shape index (κ2) is 15.9. The van der Waals surface area contributed by atoms with Crippen LogP contribution in [0.4, 0.5) is 23.8 Å². The fourth-order valence-electron chi connectivity index (χ4n) is 9.35. The van der Waals surface area contributed by atoms with Crippen LogP contribution in [0.25, 0.3) is 0 Å². The summed E-state index contributed by atoms with van der Waals surface area (Å²) >= 11 is 0. The van der Waals surface area contributed by atoms with Crippen LogP contribution in [0.15, 0.2) is 55.0 Å². The average Bonchev–Trinajstić information content (AvgIpc) is 4.12. The first kappa shape index (κ1) is 40.0. The predicted octanol–water partition coefficient (Wildman–Crippen LogP) is 7.37. The Hall–Kier alpha value is -4.26. The van der Waals surface area contributed by atoms with Crippen molar-refractivity contribution < 1.29 is 27.5 Å². The van der Waals surface area contributed by atoms with Crippen LogP contribution in [-0.2, 0) is 26.9 Å². The van der Waals surface area contributed by atoms with E-state index in [0.717, 1.165) is 81.4 Å². The molecule has 8 rings (SSSR count). The Balaban J connectivity index is 0.000000183. The third-order valence-corrected chi connectivity index (χ3v) is 12.8. The average molecular weight is 776 g/mol. The molecule has 3 aliphatic heterocycles. The summed E-state index contributed by atoms with van der Waals surface area (Å²) in [5, 5.41) is 0. The van der Waals surface area contributed by atoms with E-state index in [1.165, 1.54) is 24.5 Å². The highest BCUT2D eigenvalue weighted by molar-refractivity contribution is 5.85.